The van der Waals surface area contributed by atoms with Crippen molar-refractivity contribution in [3.05, 3.63) is 24.5 Å². The van der Waals surface area contributed by atoms with Crippen molar-refractivity contribution in [3.63, 3.8) is 0 Å². The summed E-state index contributed by atoms with van der Waals surface area (Å²) in [5.41, 5.74) is 0. The molecule has 1 atom stereocenters. The second-order valence-corrected chi connectivity index (χ2v) is 6.33. The first kappa shape index (κ1) is 21.0. The van der Waals surface area contributed by atoms with E-state index in [-0.39, 0.29) is 42.7 Å². The van der Waals surface area contributed by atoms with Crippen molar-refractivity contribution in [2.45, 2.75) is 50.7 Å². The van der Waals surface area contributed by atoms with Crippen LogP contribution in [0.1, 0.15) is 38.5 Å². The normalized spacial score (nSPS) is 26.4. The molecule has 5 nitrogen and oxygen atoms in total. The van der Waals surface area contributed by atoms with E-state index in [0.29, 0.717) is 6.04 Å². The summed E-state index contributed by atoms with van der Waals surface area (Å²) in [7, 11) is 0. The zero-order chi connectivity index (χ0) is 15.2. The number of halogens is 2. The van der Waals surface area contributed by atoms with Crippen molar-refractivity contribution >= 4 is 30.7 Å². The highest BCUT2D eigenvalue weighted by Crippen LogP contribution is 2.24. The van der Waals surface area contributed by atoms with Crippen LogP contribution in [0.2, 0.25) is 0 Å². The molecular weight excluding hydrogens is 349 g/mol. The van der Waals surface area contributed by atoms with Crippen LogP contribution in [-0.4, -0.2) is 36.1 Å². The Bertz CT molecular complexity index is 476. The summed E-state index contributed by atoms with van der Waals surface area (Å²) in [5, 5.41) is 6.53. The largest absolute Gasteiger partial charge is 0.490 e. The molecule has 1 saturated heterocycles. The molecule has 7 heteroatoms. The van der Waals surface area contributed by atoms with E-state index >= 15 is 0 Å². The van der Waals surface area contributed by atoms with Crippen LogP contribution in [0.3, 0.4) is 0 Å². The molecule has 0 radical (unpaired) electrons. The van der Waals surface area contributed by atoms with Gasteiger partial charge < -0.3 is 15.4 Å². The van der Waals surface area contributed by atoms with Crippen LogP contribution in [0.25, 0.3) is 0 Å². The summed E-state index contributed by atoms with van der Waals surface area (Å²) in [4.78, 5) is 16.2. The second kappa shape index (κ2) is 10.7. The molecule has 2 N–H and O–H groups in total. The van der Waals surface area contributed by atoms with E-state index in [4.69, 9.17) is 4.74 Å². The molecule has 2 aliphatic rings. The van der Waals surface area contributed by atoms with E-state index < -0.39 is 0 Å². The lowest BCUT2D eigenvalue weighted by molar-refractivity contribution is -0.126. The second-order valence-electron chi connectivity index (χ2n) is 6.33. The molecule has 1 amide bonds. The van der Waals surface area contributed by atoms with E-state index in [1.54, 1.807) is 12.4 Å². The maximum absolute atomic E-state index is 12.2. The van der Waals surface area contributed by atoms with Crippen molar-refractivity contribution in [3.8, 4) is 5.75 Å². The predicted molar refractivity (Wildman–Crippen MR) is 99.1 cm³/mol. The van der Waals surface area contributed by atoms with Gasteiger partial charge in [0.25, 0.3) is 0 Å². The van der Waals surface area contributed by atoms with E-state index in [0.717, 1.165) is 57.4 Å². The van der Waals surface area contributed by atoms with Gasteiger partial charge >= 0.3 is 0 Å². The smallest absolute Gasteiger partial charge is 0.224 e. The lowest BCUT2D eigenvalue weighted by Crippen LogP contribution is -2.46. The summed E-state index contributed by atoms with van der Waals surface area (Å²) in [5.74, 6) is 1.26. The minimum atomic E-state index is 0. The maximum atomic E-state index is 12.2. The van der Waals surface area contributed by atoms with Crippen molar-refractivity contribution in [2.75, 3.05) is 13.1 Å². The van der Waals surface area contributed by atoms with Crippen molar-refractivity contribution < 1.29 is 9.53 Å². The summed E-state index contributed by atoms with van der Waals surface area (Å²) < 4.78 is 5.96. The number of nitrogens with one attached hydrogen (secondary N) is 2. The Morgan fingerprint density at radius 2 is 1.83 bits per heavy atom. The van der Waals surface area contributed by atoms with E-state index in [1.807, 2.05) is 12.1 Å². The van der Waals surface area contributed by atoms with Gasteiger partial charge in [0.1, 0.15) is 5.75 Å². The van der Waals surface area contributed by atoms with Crippen LogP contribution in [0.4, 0.5) is 0 Å². The highest BCUT2D eigenvalue weighted by atomic mass is 35.5. The van der Waals surface area contributed by atoms with Gasteiger partial charge in [0.2, 0.25) is 5.91 Å². The Kier molecular flexibility index (Phi) is 9.41. The third-order valence-electron chi connectivity index (χ3n) is 4.64. The molecule has 2 fully saturated rings. The van der Waals surface area contributed by atoms with Crippen LogP contribution in [-0.2, 0) is 4.79 Å². The van der Waals surface area contributed by atoms with Gasteiger partial charge in [-0.15, -0.1) is 24.8 Å². The zero-order valence-electron chi connectivity index (χ0n) is 13.8. The summed E-state index contributed by atoms with van der Waals surface area (Å²) in [6, 6.07) is 4.10. The van der Waals surface area contributed by atoms with E-state index in [1.165, 1.54) is 0 Å². The average molecular weight is 376 g/mol. The van der Waals surface area contributed by atoms with Gasteiger partial charge in [0, 0.05) is 25.0 Å². The molecule has 24 heavy (non-hydrogen) atoms. The highest BCUT2D eigenvalue weighted by molar-refractivity contribution is 5.85. The molecule has 1 aromatic heterocycles. The van der Waals surface area contributed by atoms with Gasteiger partial charge in [-0.3, -0.25) is 9.78 Å². The molecule has 1 aliphatic heterocycles. The number of carbonyl (C=O) groups excluding carboxylic acids is 1. The first-order valence-corrected chi connectivity index (χ1v) is 8.39. The van der Waals surface area contributed by atoms with Crippen LogP contribution >= 0.6 is 24.8 Å². The Hall–Kier alpha value is -1.04. The Morgan fingerprint density at radius 1 is 1.12 bits per heavy atom. The lowest BCUT2D eigenvalue weighted by Gasteiger charge is -2.31. The van der Waals surface area contributed by atoms with Crippen molar-refractivity contribution in [1.82, 2.24) is 15.6 Å². The van der Waals surface area contributed by atoms with Crippen molar-refractivity contribution in [2.24, 2.45) is 5.92 Å². The lowest BCUT2D eigenvalue weighted by atomic mass is 9.91. The van der Waals surface area contributed by atoms with Crippen LogP contribution in [0, 0.1) is 5.92 Å². The molecule has 1 saturated carbocycles. The summed E-state index contributed by atoms with van der Waals surface area (Å²) in [6.45, 7) is 1.87. The van der Waals surface area contributed by atoms with Gasteiger partial charge in [-0.05, 0) is 57.2 Å². The number of nitrogens with zero attached hydrogens (tertiary/aromatic N) is 1. The number of amides is 1. The fourth-order valence-corrected chi connectivity index (χ4v) is 3.33. The standard InChI is InChI=1S/C17H25N3O2.2ClH/c21-17(13-2-1-9-19-12-13)20-14-3-5-15(6-4-14)22-16-7-10-18-11-8-16;;/h7-8,10-11,13-15,19H,1-6,9,12H2,(H,20,21);2*1H/t13-,14?,15?;;/m0../s1. The van der Waals surface area contributed by atoms with Crippen LogP contribution < -0.4 is 15.4 Å². The van der Waals surface area contributed by atoms with Gasteiger partial charge in [0.05, 0.1) is 12.0 Å². The number of rotatable bonds is 4. The zero-order valence-corrected chi connectivity index (χ0v) is 15.4. The number of aromatic nitrogens is 1. The van der Waals surface area contributed by atoms with E-state index in [2.05, 4.69) is 15.6 Å². The first-order chi connectivity index (χ1) is 10.8. The number of hydrogen-bond donors (Lipinski definition) is 2. The van der Waals surface area contributed by atoms with Gasteiger partial charge in [-0.25, -0.2) is 0 Å². The Balaban J connectivity index is 0.00000144. The molecule has 0 unspecified atom stereocenters. The topological polar surface area (TPSA) is 63.2 Å². The predicted octanol–water partition coefficient (Wildman–Crippen LogP) is 2.73. The molecule has 0 bridgehead atoms. The quantitative estimate of drug-likeness (QED) is 0.848. The molecule has 3 rings (SSSR count). The fourth-order valence-electron chi connectivity index (χ4n) is 3.33. The van der Waals surface area contributed by atoms with E-state index in [9.17, 15) is 4.79 Å². The average Bonchev–Trinajstić information content (AvgIpc) is 2.58. The molecule has 1 aromatic rings. The van der Waals surface area contributed by atoms with Crippen LogP contribution in [0.15, 0.2) is 24.5 Å². The Labute approximate surface area is 156 Å². The van der Waals surface area contributed by atoms with Gasteiger partial charge in [0.15, 0.2) is 0 Å². The molecule has 2 heterocycles. The number of ether oxygens (including phenoxy) is 1. The van der Waals surface area contributed by atoms with Gasteiger partial charge in [-0.2, -0.15) is 0 Å². The molecule has 136 valence electrons. The summed E-state index contributed by atoms with van der Waals surface area (Å²) >= 11 is 0. The number of hydrogen-bond acceptors (Lipinski definition) is 4. The highest BCUT2D eigenvalue weighted by Gasteiger charge is 2.27. The third kappa shape index (κ3) is 6.11. The number of pyridine rings is 1. The molecule has 0 aromatic carbocycles. The monoisotopic (exact) mass is 375 g/mol. The molecular formula is C17H27Cl2N3O2. The Morgan fingerprint density at radius 3 is 2.46 bits per heavy atom. The SMILES string of the molecule is Cl.Cl.O=C(NC1CCC(Oc2ccncc2)CC1)[C@H]1CCCNC1. The molecule has 1 aliphatic carbocycles. The van der Waals surface area contributed by atoms with Gasteiger partial charge in [-0.1, -0.05) is 0 Å². The number of carbonyl (C=O) groups is 1. The fraction of sp³-hybridized carbons (Fsp3) is 0.647. The number of piperidine rings is 1. The first-order valence-electron chi connectivity index (χ1n) is 8.39. The maximum Gasteiger partial charge on any atom is 0.224 e. The summed E-state index contributed by atoms with van der Waals surface area (Å²) in [6.07, 6.45) is 9.87. The third-order valence-corrected chi connectivity index (χ3v) is 4.64. The van der Waals surface area contributed by atoms with Crippen molar-refractivity contribution in [1.29, 1.82) is 0 Å². The molecule has 0 spiro atoms. The van der Waals surface area contributed by atoms with Crippen LogP contribution in [0.5, 0.6) is 5.75 Å². The minimum Gasteiger partial charge on any atom is -0.490 e. The minimum absolute atomic E-state index is 0.